The SMILES string of the molecule is CC1(C)C(=O)N(c2ccc(C#N)c(C(F)(F)F)c2)C(=S)N1c1ccc(OCCCOCCOCCNc2cccc3c2C(=O)N(C2CCC(=O)NC2=O)C3=O)cc1. The van der Waals surface area contributed by atoms with Gasteiger partial charge < -0.3 is 24.4 Å². The van der Waals surface area contributed by atoms with Gasteiger partial charge >= 0.3 is 6.18 Å². The lowest BCUT2D eigenvalue weighted by Gasteiger charge is -2.29. The molecule has 0 radical (unpaired) electrons. The molecule has 2 fully saturated rings. The summed E-state index contributed by atoms with van der Waals surface area (Å²) in [5, 5.41) is 14.4. The molecule has 5 amide bonds. The van der Waals surface area contributed by atoms with Crippen LogP contribution in [0, 0.1) is 11.3 Å². The zero-order chi connectivity index (χ0) is 41.1. The van der Waals surface area contributed by atoms with Crippen molar-refractivity contribution in [2.24, 2.45) is 0 Å². The van der Waals surface area contributed by atoms with E-state index in [0.29, 0.717) is 56.5 Å². The summed E-state index contributed by atoms with van der Waals surface area (Å²) in [6.07, 6.45) is -4.12. The first kappa shape index (κ1) is 40.8. The van der Waals surface area contributed by atoms with E-state index in [2.05, 4.69) is 10.6 Å². The monoisotopic (exact) mass is 806 g/mol. The minimum atomic E-state index is -4.80. The van der Waals surface area contributed by atoms with E-state index in [1.807, 2.05) is 0 Å². The Balaban J connectivity index is 0.899. The quantitative estimate of drug-likeness (QED) is 0.122. The number of piperidine rings is 1. The third kappa shape index (κ3) is 8.31. The van der Waals surface area contributed by atoms with Gasteiger partial charge in [-0.05, 0) is 87.1 Å². The highest BCUT2D eigenvalue weighted by Gasteiger charge is 2.51. The maximum absolute atomic E-state index is 13.6. The number of halogens is 3. The number of nitriles is 1. The molecule has 0 aromatic heterocycles. The van der Waals surface area contributed by atoms with Crippen LogP contribution in [0.25, 0.3) is 0 Å². The predicted molar refractivity (Wildman–Crippen MR) is 203 cm³/mol. The van der Waals surface area contributed by atoms with Gasteiger partial charge in [0, 0.05) is 37.4 Å². The Hall–Kier alpha value is -5.90. The van der Waals surface area contributed by atoms with E-state index in [-0.39, 0.29) is 41.4 Å². The number of carbonyl (C=O) groups is 5. The Labute approximate surface area is 330 Å². The molecule has 3 aliphatic heterocycles. The van der Waals surface area contributed by atoms with Gasteiger partial charge in [0.1, 0.15) is 17.3 Å². The van der Waals surface area contributed by atoms with Crippen molar-refractivity contribution in [3.8, 4) is 11.8 Å². The molecule has 3 aliphatic rings. The molecule has 1 unspecified atom stereocenters. The molecule has 0 bridgehead atoms. The fourth-order valence-corrected chi connectivity index (χ4v) is 7.27. The summed E-state index contributed by atoms with van der Waals surface area (Å²) in [5.41, 5.74) is -1.71. The van der Waals surface area contributed by atoms with Gasteiger partial charge in [-0.2, -0.15) is 18.4 Å². The average Bonchev–Trinajstić information content (AvgIpc) is 3.53. The zero-order valence-electron chi connectivity index (χ0n) is 30.8. The highest BCUT2D eigenvalue weighted by molar-refractivity contribution is 7.81. The molecule has 2 saturated heterocycles. The fraction of sp³-hybridized carbons (Fsp3) is 0.359. The molecule has 3 heterocycles. The number of fused-ring (bicyclic) bond motifs is 1. The van der Waals surface area contributed by atoms with Gasteiger partial charge in [-0.15, -0.1) is 0 Å². The van der Waals surface area contributed by atoms with Gasteiger partial charge in [-0.1, -0.05) is 6.07 Å². The van der Waals surface area contributed by atoms with Crippen LogP contribution in [0.4, 0.5) is 30.2 Å². The maximum atomic E-state index is 13.6. The van der Waals surface area contributed by atoms with E-state index < -0.39 is 58.4 Å². The molecular weight excluding hydrogens is 770 g/mol. The number of imide groups is 2. The first-order chi connectivity index (χ1) is 27.1. The molecule has 3 aromatic rings. The summed E-state index contributed by atoms with van der Waals surface area (Å²) in [6, 6.07) is 15.1. The number of nitrogens with one attached hydrogen (secondary N) is 2. The van der Waals surface area contributed by atoms with Crippen molar-refractivity contribution in [1.29, 1.82) is 5.26 Å². The fourth-order valence-electron chi connectivity index (χ4n) is 6.74. The van der Waals surface area contributed by atoms with Crippen LogP contribution in [0.2, 0.25) is 0 Å². The van der Waals surface area contributed by atoms with Crippen molar-refractivity contribution in [3.05, 3.63) is 82.9 Å². The van der Waals surface area contributed by atoms with Crippen molar-refractivity contribution < 1.29 is 51.4 Å². The summed E-state index contributed by atoms with van der Waals surface area (Å²) in [6.45, 7) is 5.22. The van der Waals surface area contributed by atoms with Crippen molar-refractivity contribution in [1.82, 2.24) is 10.2 Å². The molecule has 1 atom stereocenters. The van der Waals surface area contributed by atoms with Gasteiger partial charge in [0.05, 0.1) is 60.4 Å². The number of nitrogens with zero attached hydrogens (tertiary/aromatic N) is 4. The molecule has 0 saturated carbocycles. The lowest BCUT2D eigenvalue weighted by Crippen LogP contribution is -2.54. The van der Waals surface area contributed by atoms with E-state index in [0.717, 1.165) is 21.9 Å². The minimum absolute atomic E-state index is 0.0116. The molecule has 0 spiro atoms. The van der Waals surface area contributed by atoms with E-state index >= 15 is 0 Å². The normalized spacial score (nSPS) is 17.9. The summed E-state index contributed by atoms with van der Waals surface area (Å²) in [7, 11) is 0. The Morgan fingerprint density at radius 2 is 1.63 bits per heavy atom. The Kier molecular flexibility index (Phi) is 11.9. The molecule has 3 aromatic carbocycles. The number of thiocarbonyl (C=S) groups is 1. The zero-order valence-corrected chi connectivity index (χ0v) is 31.6. The van der Waals surface area contributed by atoms with Crippen LogP contribution in [0.5, 0.6) is 5.75 Å². The van der Waals surface area contributed by atoms with Crippen LogP contribution in [-0.4, -0.2) is 90.7 Å². The van der Waals surface area contributed by atoms with Gasteiger partial charge in [-0.3, -0.25) is 39.1 Å². The molecule has 18 heteroatoms. The van der Waals surface area contributed by atoms with Crippen molar-refractivity contribution in [2.75, 3.05) is 54.7 Å². The van der Waals surface area contributed by atoms with Crippen molar-refractivity contribution >= 4 is 63.9 Å². The van der Waals surface area contributed by atoms with Crippen LogP contribution in [-0.2, 0) is 30.0 Å². The first-order valence-corrected chi connectivity index (χ1v) is 18.3. The maximum Gasteiger partial charge on any atom is 0.417 e. The highest BCUT2D eigenvalue weighted by Crippen LogP contribution is 2.40. The van der Waals surface area contributed by atoms with Crippen molar-refractivity contribution in [2.45, 2.75) is 50.9 Å². The lowest BCUT2D eigenvalue weighted by atomic mass is 10.0. The van der Waals surface area contributed by atoms with Crippen LogP contribution < -0.4 is 25.2 Å². The topological polar surface area (TPSA) is 171 Å². The van der Waals surface area contributed by atoms with E-state index in [4.69, 9.17) is 31.7 Å². The molecule has 14 nitrogen and oxygen atoms in total. The number of hydrogen-bond acceptors (Lipinski definition) is 11. The number of alkyl halides is 3. The molecule has 0 aliphatic carbocycles. The second-order valence-electron chi connectivity index (χ2n) is 13.7. The summed E-state index contributed by atoms with van der Waals surface area (Å²) < 4.78 is 58.0. The number of amides is 5. The van der Waals surface area contributed by atoms with E-state index in [1.54, 1.807) is 55.1 Å². The lowest BCUT2D eigenvalue weighted by molar-refractivity contribution is -0.138. The van der Waals surface area contributed by atoms with E-state index in [9.17, 15) is 37.1 Å². The van der Waals surface area contributed by atoms with E-state index in [1.165, 1.54) is 18.2 Å². The minimum Gasteiger partial charge on any atom is -0.494 e. The second kappa shape index (κ2) is 16.7. The number of rotatable bonds is 15. The molecule has 57 heavy (non-hydrogen) atoms. The van der Waals surface area contributed by atoms with Crippen LogP contribution >= 0.6 is 12.2 Å². The average molecular weight is 807 g/mol. The van der Waals surface area contributed by atoms with Gasteiger partial charge in [0.15, 0.2) is 5.11 Å². The van der Waals surface area contributed by atoms with Crippen LogP contribution in [0.1, 0.15) is 65.0 Å². The van der Waals surface area contributed by atoms with Gasteiger partial charge in [0.25, 0.3) is 17.7 Å². The molecule has 2 N–H and O–H groups in total. The van der Waals surface area contributed by atoms with Gasteiger partial charge in [0.2, 0.25) is 11.8 Å². The standard InChI is InChI=1S/C39H37F3N6O8S/c1-38(2)36(53)46(25-8-7-23(22-43)28(21-25)39(40,41)42)37(57)48(38)24-9-11-26(12-10-24)56-17-4-16-54-19-20-55-18-15-44-29-6-3-5-27-32(29)35(52)47(34(27)51)30-13-14-31(49)45-33(30)50/h3,5-12,21,30,44H,4,13-20H2,1-2H3,(H,45,49,50). The predicted octanol–water partition coefficient (Wildman–Crippen LogP) is 4.81. The second-order valence-corrected chi connectivity index (χ2v) is 14.0. The Morgan fingerprint density at radius 3 is 2.32 bits per heavy atom. The largest absolute Gasteiger partial charge is 0.494 e. The molecule has 298 valence electrons. The summed E-state index contributed by atoms with van der Waals surface area (Å²) >= 11 is 5.59. The Bertz CT molecular complexity index is 2160. The number of ether oxygens (including phenoxy) is 3. The number of benzene rings is 3. The summed E-state index contributed by atoms with van der Waals surface area (Å²) in [5.74, 6) is -2.28. The third-order valence-corrected chi connectivity index (χ3v) is 9.92. The number of carbonyl (C=O) groups excluding carboxylic acids is 5. The first-order valence-electron chi connectivity index (χ1n) is 17.9. The Morgan fingerprint density at radius 1 is 0.930 bits per heavy atom. The number of anilines is 3. The third-order valence-electron chi connectivity index (χ3n) is 9.55. The number of hydrogen-bond donors (Lipinski definition) is 2. The van der Waals surface area contributed by atoms with Gasteiger partial charge in [-0.25, -0.2) is 0 Å². The van der Waals surface area contributed by atoms with Crippen molar-refractivity contribution in [3.63, 3.8) is 0 Å². The smallest absolute Gasteiger partial charge is 0.417 e. The summed E-state index contributed by atoms with van der Waals surface area (Å²) in [4.78, 5) is 67.1. The highest BCUT2D eigenvalue weighted by atomic mass is 32.1. The molecule has 6 rings (SSSR count). The van der Waals surface area contributed by atoms with Crippen LogP contribution in [0.15, 0.2) is 60.7 Å². The molecular formula is C39H37F3N6O8S. The van der Waals surface area contributed by atoms with Crippen LogP contribution in [0.3, 0.4) is 0 Å².